The zero-order valence-electron chi connectivity index (χ0n) is 9.62. The number of aliphatic carboxylic acids is 1. The van der Waals surface area contributed by atoms with Crippen LogP contribution in [0.4, 0.5) is 0 Å². The molecule has 92 valence electrons. The SMILES string of the molecule is CCCCSCC(=O)NC1(C(=O)O)CCC1. The van der Waals surface area contributed by atoms with Gasteiger partial charge in [-0.15, -0.1) is 0 Å². The molecular formula is C11H19NO3S. The normalized spacial score (nSPS) is 17.6. The summed E-state index contributed by atoms with van der Waals surface area (Å²) >= 11 is 1.57. The fourth-order valence-corrected chi connectivity index (χ4v) is 2.53. The van der Waals surface area contributed by atoms with Gasteiger partial charge in [0.05, 0.1) is 5.75 Å². The number of rotatable bonds is 7. The zero-order chi connectivity index (χ0) is 12.0. The Bertz CT molecular complexity index is 264. The van der Waals surface area contributed by atoms with Crippen molar-refractivity contribution in [2.24, 2.45) is 0 Å². The summed E-state index contributed by atoms with van der Waals surface area (Å²) in [6.07, 6.45) is 4.23. The summed E-state index contributed by atoms with van der Waals surface area (Å²) in [7, 11) is 0. The molecule has 1 aliphatic rings. The number of unbranched alkanes of at least 4 members (excludes halogenated alkanes) is 1. The number of hydrogen-bond acceptors (Lipinski definition) is 3. The lowest BCUT2D eigenvalue weighted by atomic mass is 9.77. The van der Waals surface area contributed by atoms with Crippen LogP contribution in [0.2, 0.25) is 0 Å². The van der Waals surface area contributed by atoms with E-state index >= 15 is 0 Å². The number of carbonyl (C=O) groups excluding carboxylic acids is 1. The number of nitrogens with one attached hydrogen (secondary N) is 1. The Morgan fingerprint density at radius 3 is 2.56 bits per heavy atom. The molecule has 1 rings (SSSR count). The number of carboxylic acid groups (broad SMARTS) is 1. The lowest BCUT2D eigenvalue weighted by Crippen LogP contribution is -2.59. The molecule has 0 atom stereocenters. The van der Waals surface area contributed by atoms with Gasteiger partial charge in [-0.25, -0.2) is 4.79 Å². The second-order valence-electron chi connectivity index (χ2n) is 4.20. The average molecular weight is 245 g/mol. The fourth-order valence-electron chi connectivity index (χ4n) is 1.64. The Morgan fingerprint density at radius 2 is 2.12 bits per heavy atom. The molecule has 1 saturated carbocycles. The first-order chi connectivity index (χ1) is 7.60. The summed E-state index contributed by atoms with van der Waals surface area (Å²) in [6, 6.07) is 0. The van der Waals surface area contributed by atoms with Crippen LogP contribution < -0.4 is 5.32 Å². The summed E-state index contributed by atoms with van der Waals surface area (Å²) in [4.78, 5) is 22.5. The van der Waals surface area contributed by atoms with Crippen LogP contribution in [0.25, 0.3) is 0 Å². The summed E-state index contributed by atoms with van der Waals surface area (Å²) in [6.45, 7) is 2.11. The molecular weight excluding hydrogens is 226 g/mol. The summed E-state index contributed by atoms with van der Waals surface area (Å²) in [5.41, 5.74) is -0.956. The molecule has 0 bridgehead atoms. The predicted molar refractivity (Wildman–Crippen MR) is 64.6 cm³/mol. The van der Waals surface area contributed by atoms with Crippen molar-refractivity contribution in [2.75, 3.05) is 11.5 Å². The van der Waals surface area contributed by atoms with Gasteiger partial charge in [0.2, 0.25) is 5.91 Å². The van der Waals surface area contributed by atoms with Crippen molar-refractivity contribution < 1.29 is 14.7 Å². The highest BCUT2D eigenvalue weighted by Crippen LogP contribution is 2.32. The minimum Gasteiger partial charge on any atom is -0.480 e. The second kappa shape index (κ2) is 6.13. The number of hydrogen-bond donors (Lipinski definition) is 2. The molecule has 1 amide bonds. The molecule has 0 aromatic carbocycles. The van der Waals surface area contributed by atoms with Crippen molar-refractivity contribution in [3.05, 3.63) is 0 Å². The van der Waals surface area contributed by atoms with Gasteiger partial charge in [-0.1, -0.05) is 13.3 Å². The fraction of sp³-hybridized carbons (Fsp3) is 0.818. The van der Waals surface area contributed by atoms with Gasteiger partial charge in [0, 0.05) is 0 Å². The van der Waals surface area contributed by atoms with Gasteiger partial charge in [-0.3, -0.25) is 4.79 Å². The molecule has 0 aromatic heterocycles. The summed E-state index contributed by atoms with van der Waals surface area (Å²) < 4.78 is 0. The van der Waals surface area contributed by atoms with Gasteiger partial charge in [0.1, 0.15) is 5.54 Å². The standard InChI is InChI=1S/C11H19NO3S/c1-2-3-7-16-8-9(13)12-11(10(14)15)5-4-6-11/h2-8H2,1H3,(H,12,13)(H,14,15). The van der Waals surface area contributed by atoms with Crippen molar-refractivity contribution in [3.8, 4) is 0 Å². The zero-order valence-corrected chi connectivity index (χ0v) is 10.4. The molecule has 0 radical (unpaired) electrons. The van der Waals surface area contributed by atoms with Crippen LogP contribution in [0.15, 0.2) is 0 Å². The van der Waals surface area contributed by atoms with Gasteiger partial charge in [0.25, 0.3) is 0 Å². The van der Waals surface area contributed by atoms with Gasteiger partial charge in [-0.2, -0.15) is 11.8 Å². The Morgan fingerprint density at radius 1 is 1.44 bits per heavy atom. The van der Waals surface area contributed by atoms with Crippen LogP contribution in [-0.2, 0) is 9.59 Å². The van der Waals surface area contributed by atoms with Crippen molar-refractivity contribution in [1.29, 1.82) is 0 Å². The van der Waals surface area contributed by atoms with E-state index in [1.54, 1.807) is 11.8 Å². The van der Waals surface area contributed by atoms with Crippen LogP contribution >= 0.6 is 11.8 Å². The Balaban J connectivity index is 2.25. The minimum atomic E-state index is -0.956. The molecule has 2 N–H and O–H groups in total. The number of carbonyl (C=O) groups is 2. The van der Waals surface area contributed by atoms with Crippen molar-refractivity contribution in [2.45, 2.75) is 44.6 Å². The van der Waals surface area contributed by atoms with E-state index in [1.807, 2.05) is 0 Å². The molecule has 0 spiro atoms. The van der Waals surface area contributed by atoms with Crippen molar-refractivity contribution in [1.82, 2.24) is 5.32 Å². The first kappa shape index (κ1) is 13.4. The maximum atomic E-state index is 11.5. The molecule has 5 heteroatoms. The first-order valence-electron chi connectivity index (χ1n) is 5.73. The smallest absolute Gasteiger partial charge is 0.329 e. The van der Waals surface area contributed by atoms with Gasteiger partial charge >= 0.3 is 5.97 Å². The van der Waals surface area contributed by atoms with E-state index in [0.29, 0.717) is 18.6 Å². The van der Waals surface area contributed by atoms with E-state index < -0.39 is 11.5 Å². The van der Waals surface area contributed by atoms with Gasteiger partial charge in [-0.05, 0) is 31.4 Å². The third-order valence-corrected chi connectivity index (χ3v) is 3.91. The number of carboxylic acids is 1. The Hall–Kier alpha value is -0.710. The summed E-state index contributed by atoms with van der Waals surface area (Å²) in [5, 5.41) is 11.7. The predicted octanol–water partition coefficient (Wildman–Crippen LogP) is 1.64. The van der Waals surface area contributed by atoms with Crippen LogP contribution in [0.1, 0.15) is 39.0 Å². The van der Waals surface area contributed by atoms with E-state index in [-0.39, 0.29) is 5.91 Å². The van der Waals surface area contributed by atoms with Crippen LogP contribution in [0.5, 0.6) is 0 Å². The average Bonchev–Trinajstić information content (AvgIpc) is 2.18. The lowest BCUT2D eigenvalue weighted by Gasteiger charge is -2.38. The molecule has 16 heavy (non-hydrogen) atoms. The molecule has 1 aliphatic carbocycles. The van der Waals surface area contributed by atoms with Gasteiger partial charge < -0.3 is 10.4 Å². The maximum Gasteiger partial charge on any atom is 0.329 e. The molecule has 1 fully saturated rings. The monoisotopic (exact) mass is 245 g/mol. The largest absolute Gasteiger partial charge is 0.480 e. The van der Waals surface area contributed by atoms with E-state index in [1.165, 1.54) is 0 Å². The van der Waals surface area contributed by atoms with Crippen LogP contribution in [-0.4, -0.2) is 34.0 Å². The molecule has 0 aromatic rings. The highest BCUT2D eigenvalue weighted by atomic mass is 32.2. The maximum absolute atomic E-state index is 11.5. The lowest BCUT2D eigenvalue weighted by molar-refractivity contribution is -0.151. The molecule has 0 unspecified atom stereocenters. The number of thioether (sulfide) groups is 1. The quantitative estimate of drug-likeness (QED) is 0.669. The minimum absolute atomic E-state index is 0.150. The summed E-state index contributed by atoms with van der Waals surface area (Å²) in [5.74, 6) is 0.285. The highest BCUT2D eigenvalue weighted by molar-refractivity contribution is 7.99. The second-order valence-corrected chi connectivity index (χ2v) is 5.30. The van der Waals surface area contributed by atoms with Crippen molar-refractivity contribution in [3.63, 3.8) is 0 Å². The third-order valence-electron chi connectivity index (χ3n) is 2.87. The highest BCUT2D eigenvalue weighted by Gasteiger charge is 2.45. The topological polar surface area (TPSA) is 66.4 Å². The van der Waals surface area contributed by atoms with E-state index in [9.17, 15) is 9.59 Å². The molecule has 0 heterocycles. The van der Waals surface area contributed by atoms with Crippen LogP contribution in [0, 0.1) is 0 Å². The van der Waals surface area contributed by atoms with E-state index in [2.05, 4.69) is 12.2 Å². The third kappa shape index (κ3) is 3.40. The molecule has 4 nitrogen and oxygen atoms in total. The Kier molecular flexibility index (Phi) is 5.12. The van der Waals surface area contributed by atoms with E-state index in [0.717, 1.165) is 25.0 Å². The van der Waals surface area contributed by atoms with Crippen molar-refractivity contribution >= 4 is 23.6 Å². The number of amides is 1. The molecule has 0 aliphatic heterocycles. The van der Waals surface area contributed by atoms with Crippen LogP contribution in [0.3, 0.4) is 0 Å². The van der Waals surface area contributed by atoms with Gasteiger partial charge in [0.15, 0.2) is 0 Å². The molecule has 0 saturated heterocycles. The Labute approximate surface area is 100 Å². The van der Waals surface area contributed by atoms with E-state index in [4.69, 9.17) is 5.11 Å². The first-order valence-corrected chi connectivity index (χ1v) is 6.88.